The highest BCUT2D eigenvalue weighted by Crippen LogP contribution is 2.30. The van der Waals surface area contributed by atoms with Crippen molar-refractivity contribution in [2.24, 2.45) is 0 Å². The van der Waals surface area contributed by atoms with Crippen LogP contribution in [-0.4, -0.2) is 26.7 Å². The van der Waals surface area contributed by atoms with E-state index in [1.807, 2.05) is 24.3 Å². The fraction of sp³-hybridized carbons (Fsp3) is 0.333. The summed E-state index contributed by atoms with van der Waals surface area (Å²) in [6.07, 6.45) is 0.571. The van der Waals surface area contributed by atoms with Crippen LogP contribution in [0.5, 0.6) is 0 Å². The second-order valence-corrected chi connectivity index (χ2v) is 7.09. The quantitative estimate of drug-likeness (QED) is 0.792. The van der Waals surface area contributed by atoms with Crippen LogP contribution in [0.15, 0.2) is 36.4 Å². The molecule has 0 unspecified atom stereocenters. The van der Waals surface area contributed by atoms with E-state index in [-0.39, 0.29) is 12.0 Å². The lowest BCUT2D eigenvalue weighted by Gasteiger charge is -2.24. The lowest BCUT2D eigenvalue weighted by Crippen LogP contribution is -2.17. The molecule has 0 spiro atoms. The Hall–Kier alpha value is -1.91. The number of nitrogens with zero attached hydrogens (tertiary/aromatic N) is 3. The molecule has 0 radical (unpaired) electrons. The van der Waals surface area contributed by atoms with Crippen molar-refractivity contribution in [2.75, 3.05) is 6.61 Å². The van der Waals surface area contributed by atoms with Crippen molar-refractivity contribution in [3.8, 4) is 5.69 Å². The van der Waals surface area contributed by atoms with E-state index in [9.17, 15) is 5.11 Å². The highest BCUT2D eigenvalue weighted by molar-refractivity contribution is 6.31. The van der Waals surface area contributed by atoms with Crippen molar-refractivity contribution in [3.63, 3.8) is 0 Å². The number of halogens is 1. The number of aliphatic hydroxyl groups is 1. The Morgan fingerprint density at radius 3 is 2.52 bits per heavy atom. The summed E-state index contributed by atoms with van der Waals surface area (Å²) in [5.41, 5.74) is 4.71. The molecule has 4 nitrogen and oxygen atoms in total. The molecule has 0 atom stereocenters. The van der Waals surface area contributed by atoms with Gasteiger partial charge in [0, 0.05) is 11.6 Å². The van der Waals surface area contributed by atoms with Gasteiger partial charge in [-0.1, -0.05) is 44.5 Å². The largest absolute Gasteiger partial charge is 0.396 e. The van der Waals surface area contributed by atoms with Gasteiger partial charge in [0.2, 0.25) is 0 Å². The van der Waals surface area contributed by atoms with E-state index in [0.29, 0.717) is 11.4 Å². The first-order chi connectivity index (χ1) is 10.9. The lowest BCUT2D eigenvalue weighted by atomic mass is 9.82. The maximum atomic E-state index is 9.49. The number of rotatable bonds is 3. The fourth-order valence-electron chi connectivity index (χ4n) is 2.83. The second-order valence-electron chi connectivity index (χ2n) is 6.65. The minimum atomic E-state index is -0.0175. The SMILES string of the molecule is CC(C)(C)c1cccc(-n2nc3ccc(Cl)cc3n2)c1CCO. The fourth-order valence-corrected chi connectivity index (χ4v) is 3.00. The molecule has 0 bridgehead atoms. The molecular weight excluding hydrogens is 310 g/mol. The third-order valence-electron chi connectivity index (χ3n) is 3.88. The van der Waals surface area contributed by atoms with Crippen molar-refractivity contribution in [1.29, 1.82) is 0 Å². The molecule has 3 aromatic rings. The summed E-state index contributed by atoms with van der Waals surface area (Å²) >= 11 is 6.03. The highest BCUT2D eigenvalue weighted by atomic mass is 35.5. The summed E-state index contributed by atoms with van der Waals surface area (Å²) < 4.78 is 0. The monoisotopic (exact) mass is 329 g/mol. The molecule has 23 heavy (non-hydrogen) atoms. The second kappa shape index (κ2) is 5.95. The molecule has 120 valence electrons. The normalized spacial score (nSPS) is 12.0. The molecule has 0 fully saturated rings. The zero-order chi connectivity index (χ0) is 16.6. The Kier molecular flexibility index (Phi) is 4.13. The molecule has 0 saturated carbocycles. The molecule has 2 aromatic carbocycles. The van der Waals surface area contributed by atoms with Crippen molar-refractivity contribution in [2.45, 2.75) is 32.6 Å². The van der Waals surface area contributed by atoms with Crippen LogP contribution < -0.4 is 0 Å². The third-order valence-corrected chi connectivity index (χ3v) is 4.11. The minimum absolute atomic E-state index is 0.0175. The predicted molar refractivity (Wildman–Crippen MR) is 93.4 cm³/mol. The predicted octanol–water partition coefficient (Wildman–Crippen LogP) is 3.91. The van der Waals surface area contributed by atoms with Crippen LogP contribution in [0.3, 0.4) is 0 Å². The van der Waals surface area contributed by atoms with Crippen LogP contribution in [0.25, 0.3) is 16.7 Å². The van der Waals surface area contributed by atoms with Crippen LogP contribution in [0.4, 0.5) is 0 Å². The van der Waals surface area contributed by atoms with E-state index < -0.39 is 0 Å². The third kappa shape index (κ3) is 3.09. The van der Waals surface area contributed by atoms with Gasteiger partial charge in [-0.3, -0.25) is 0 Å². The van der Waals surface area contributed by atoms with Crippen LogP contribution >= 0.6 is 11.6 Å². The van der Waals surface area contributed by atoms with Crippen LogP contribution in [0.2, 0.25) is 5.02 Å². The van der Waals surface area contributed by atoms with Gasteiger partial charge in [-0.05, 0) is 47.2 Å². The molecule has 0 amide bonds. The molecule has 1 aromatic heterocycles. The average molecular weight is 330 g/mol. The Morgan fingerprint density at radius 2 is 1.83 bits per heavy atom. The van der Waals surface area contributed by atoms with Crippen molar-refractivity contribution in [1.82, 2.24) is 15.0 Å². The standard InChI is InChI=1S/C18H20ClN3O/c1-18(2,3)14-5-4-6-17(13(14)9-10-23)22-20-15-8-7-12(19)11-16(15)21-22/h4-8,11,23H,9-10H2,1-3H3. The molecule has 0 saturated heterocycles. The van der Waals surface area contributed by atoms with Gasteiger partial charge < -0.3 is 5.11 Å². The van der Waals surface area contributed by atoms with Gasteiger partial charge >= 0.3 is 0 Å². The Morgan fingerprint density at radius 1 is 1.09 bits per heavy atom. The van der Waals surface area contributed by atoms with Gasteiger partial charge in [0.25, 0.3) is 0 Å². The number of benzene rings is 2. The number of hydrogen-bond donors (Lipinski definition) is 1. The van der Waals surface area contributed by atoms with Gasteiger partial charge in [0.15, 0.2) is 0 Å². The van der Waals surface area contributed by atoms with Crippen LogP contribution in [0, 0.1) is 0 Å². The van der Waals surface area contributed by atoms with Gasteiger partial charge in [-0.15, -0.1) is 10.2 Å². The Labute approximate surface area is 140 Å². The Bertz CT molecular complexity index is 849. The number of fused-ring (bicyclic) bond motifs is 1. The number of hydrogen-bond acceptors (Lipinski definition) is 3. The minimum Gasteiger partial charge on any atom is -0.396 e. The first-order valence-electron chi connectivity index (χ1n) is 7.66. The van der Waals surface area contributed by atoms with E-state index in [1.54, 1.807) is 10.9 Å². The Balaban J connectivity index is 2.21. The summed E-state index contributed by atoms with van der Waals surface area (Å²) in [7, 11) is 0. The van der Waals surface area contributed by atoms with Gasteiger partial charge in [-0.25, -0.2) is 0 Å². The molecule has 0 aliphatic heterocycles. The van der Waals surface area contributed by atoms with Crippen molar-refractivity contribution in [3.05, 3.63) is 52.5 Å². The lowest BCUT2D eigenvalue weighted by molar-refractivity contribution is 0.298. The van der Waals surface area contributed by atoms with Crippen LogP contribution in [0.1, 0.15) is 31.9 Å². The summed E-state index contributed by atoms with van der Waals surface area (Å²) in [5, 5.41) is 19.2. The number of aliphatic hydroxyl groups excluding tert-OH is 1. The summed E-state index contributed by atoms with van der Waals surface area (Å²) in [5.74, 6) is 0. The average Bonchev–Trinajstić information content (AvgIpc) is 2.89. The van der Waals surface area contributed by atoms with Gasteiger partial charge in [-0.2, -0.15) is 4.80 Å². The molecule has 1 N–H and O–H groups in total. The van der Waals surface area contributed by atoms with E-state index in [4.69, 9.17) is 11.6 Å². The van der Waals surface area contributed by atoms with Crippen molar-refractivity contribution >= 4 is 22.6 Å². The van der Waals surface area contributed by atoms with E-state index in [2.05, 4.69) is 37.0 Å². The molecule has 5 heteroatoms. The van der Waals surface area contributed by atoms with Gasteiger partial charge in [0.1, 0.15) is 11.0 Å². The number of aromatic nitrogens is 3. The first kappa shape index (κ1) is 16.0. The van der Waals surface area contributed by atoms with E-state index in [0.717, 1.165) is 22.3 Å². The van der Waals surface area contributed by atoms with E-state index in [1.165, 1.54) is 5.56 Å². The highest BCUT2D eigenvalue weighted by Gasteiger charge is 2.21. The van der Waals surface area contributed by atoms with Crippen LogP contribution in [-0.2, 0) is 11.8 Å². The summed E-state index contributed by atoms with van der Waals surface area (Å²) in [4.78, 5) is 1.64. The molecular formula is C18H20ClN3O. The molecule has 0 aliphatic rings. The molecule has 1 heterocycles. The smallest absolute Gasteiger partial charge is 0.115 e. The molecule has 0 aliphatic carbocycles. The zero-order valence-corrected chi connectivity index (χ0v) is 14.3. The first-order valence-corrected chi connectivity index (χ1v) is 8.04. The van der Waals surface area contributed by atoms with Crippen molar-refractivity contribution < 1.29 is 5.11 Å². The van der Waals surface area contributed by atoms with Gasteiger partial charge in [0.05, 0.1) is 5.69 Å². The topological polar surface area (TPSA) is 50.9 Å². The van der Waals surface area contributed by atoms with E-state index >= 15 is 0 Å². The summed E-state index contributed by atoms with van der Waals surface area (Å²) in [6, 6.07) is 11.6. The zero-order valence-electron chi connectivity index (χ0n) is 13.5. The maximum absolute atomic E-state index is 9.49. The summed E-state index contributed by atoms with van der Waals surface area (Å²) in [6.45, 7) is 6.59. The molecule has 3 rings (SSSR count). The maximum Gasteiger partial charge on any atom is 0.115 e.